The van der Waals surface area contributed by atoms with Crippen molar-refractivity contribution in [3.05, 3.63) is 22.5 Å². The first-order valence-electron chi connectivity index (χ1n) is 4.08. The van der Waals surface area contributed by atoms with Crippen LogP contribution < -0.4 is 0 Å². The van der Waals surface area contributed by atoms with Crippen LogP contribution in [0.2, 0.25) is 0 Å². The maximum absolute atomic E-state index is 12.1. The molecule has 0 saturated heterocycles. The molecule has 0 aliphatic carbocycles. The zero-order valence-corrected chi connectivity index (χ0v) is 9.42. The summed E-state index contributed by atoms with van der Waals surface area (Å²) in [6.45, 7) is 0. The molecule has 2 unspecified atom stereocenters. The Morgan fingerprint density at radius 3 is 2.36 bits per heavy atom. The fourth-order valence-corrected chi connectivity index (χ4v) is 3.52. The second-order valence-corrected chi connectivity index (χ2v) is 5.57. The van der Waals surface area contributed by atoms with Gasteiger partial charge in [-0.3, -0.25) is 4.57 Å². The number of rotatable bonds is 3. The Morgan fingerprint density at radius 2 is 1.93 bits per heavy atom. The van der Waals surface area contributed by atoms with Crippen molar-refractivity contribution >= 4 is 19.2 Å². The molecular formula is C8H10ClO4P. The largest absolute Gasteiger partial charge is 0.361 e. The Kier molecular flexibility index (Phi) is 2.58. The standard InChI is InChI=1S/C8H10ClO4P/c1-11-14(10,12-2)8-6-4-3-5(13-6)7(8)9/h3-6H,1-2H3. The van der Waals surface area contributed by atoms with Gasteiger partial charge in [0.2, 0.25) is 0 Å². The molecule has 4 nitrogen and oxygen atoms in total. The summed E-state index contributed by atoms with van der Waals surface area (Å²) < 4.78 is 27.2. The van der Waals surface area contributed by atoms with Crippen molar-refractivity contribution in [3.8, 4) is 0 Å². The van der Waals surface area contributed by atoms with Crippen LogP contribution in [0.4, 0.5) is 0 Å². The molecule has 0 fully saturated rings. The fourth-order valence-electron chi connectivity index (χ4n) is 1.59. The Bertz CT molecular complexity index is 354. The number of hydrogen-bond donors (Lipinski definition) is 0. The van der Waals surface area contributed by atoms with Gasteiger partial charge in [-0.2, -0.15) is 0 Å². The predicted molar refractivity (Wildman–Crippen MR) is 52.3 cm³/mol. The monoisotopic (exact) mass is 236 g/mol. The molecule has 6 heteroatoms. The number of halogens is 1. The van der Waals surface area contributed by atoms with E-state index >= 15 is 0 Å². The van der Waals surface area contributed by atoms with Gasteiger partial charge in [-0.25, -0.2) is 0 Å². The lowest BCUT2D eigenvalue weighted by Gasteiger charge is -2.18. The van der Waals surface area contributed by atoms with Crippen LogP contribution in [0.25, 0.3) is 0 Å². The summed E-state index contributed by atoms with van der Waals surface area (Å²) in [5, 5.41) is 0.848. The van der Waals surface area contributed by atoms with Gasteiger partial charge in [-0.05, 0) is 0 Å². The van der Waals surface area contributed by atoms with Crippen LogP contribution in [-0.4, -0.2) is 26.4 Å². The van der Waals surface area contributed by atoms with E-state index in [0.717, 1.165) is 0 Å². The maximum atomic E-state index is 12.1. The Hall–Kier alpha value is -0.120. The molecule has 0 aromatic carbocycles. The smallest absolute Gasteiger partial charge is 0.356 e. The second-order valence-electron chi connectivity index (χ2n) is 2.96. The molecule has 2 aliphatic heterocycles. The highest BCUT2D eigenvalue weighted by Crippen LogP contribution is 2.62. The van der Waals surface area contributed by atoms with E-state index < -0.39 is 7.60 Å². The minimum Gasteiger partial charge on any atom is -0.356 e. The fraction of sp³-hybridized carbons (Fsp3) is 0.500. The van der Waals surface area contributed by atoms with Crippen molar-refractivity contribution in [1.29, 1.82) is 0 Å². The van der Waals surface area contributed by atoms with Crippen LogP contribution in [0.1, 0.15) is 0 Å². The van der Waals surface area contributed by atoms with Gasteiger partial charge in [0.15, 0.2) is 0 Å². The van der Waals surface area contributed by atoms with Gasteiger partial charge in [0.25, 0.3) is 0 Å². The first kappa shape index (κ1) is 10.4. The third-order valence-electron chi connectivity index (χ3n) is 2.29. The third kappa shape index (κ3) is 1.30. The molecule has 0 saturated carbocycles. The van der Waals surface area contributed by atoms with E-state index in [4.69, 9.17) is 25.4 Å². The molecule has 0 amide bonds. The van der Waals surface area contributed by atoms with Gasteiger partial charge >= 0.3 is 7.60 Å². The second kappa shape index (κ2) is 3.47. The predicted octanol–water partition coefficient (Wildman–Crippen LogP) is 2.26. The van der Waals surface area contributed by atoms with Gasteiger partial charge < -0.3 is 13.8 Å². The van der Waals surface area contributed by atoms with Crippen LogP contribution in [0.5, 0.6) is 0 Å². The summed E-state index contributed by atoms with van der Waals surface area (Å²) in [5.41, 5.74) is 0. The summed E-state index contributed by atoms with van der Waals surface area (Å²) in [4.78, 5) is 0. The van der Waals surface area contributed by atoms with E-state index in [-0.39, 0.29) is 12.2 Å². The first-order valence-corrected chi connectivity index (χ1v) is 6.00. The Balaban J connectivity index is 2.40. The van der Waals surface area contributed by atoms with Gasteiger partial charge in [0.1, 0.15) is 12.2 Å². The molecule has 0 aromatic heterocycles. The summed E-state index contributed by atoms with van der Waals surface area (Å²) in [6.07, 6.45) is 2.98. The van der Waals surface area contributed by atoms with Gasteiger partial charge in [-0.15, -0.1) is 0 Å². The molecule has 2 rings (SSSR count). The van der Waals surface area contributed by atoms with Crippen LogP contribution in [-0.2, 0) is 18.3 Å². The highest BCUT2D eigenvalue weighted by molar-refractivity contribution is 7.58. The van der Waals surface area contributed by atoms with Gasteiger partial charge in [0, 0.05) is 14.2 Å². The minimum atomic E-state index is -3.26. The van der Waals surface area contributed by atoms with Gasteiger partial charge in [-0.1, -0.05) is 23.8 Å². The highest BCUT2D eigenvalue weighted by atomic mass is 35.5. The van der Waals surface area contributed by atoms with Crippen LogP contribution in [0.3, 0.4) is 0 Å². The van der Waals surface area contributed by atoms with Crippen molar-refractivity contribution in [2.75, 3.05) is 14.2 Å². The zero-order valence-electron chi connectivity index (χ0n) is 7.77. The van der Waals surface area contributed by atoms with E-state index in [1.807, 2.05) is 6.08 Å². The van der Waals surface area contributed by atoms with E-state index in [1.165, 1.54) is 14.2 Å². The topological polar surface area (TPSA) is 44.8 Å². The molecule has 2 atom stereocenters. The zero-order chi connectivity index (χ0) is 10.3. The number of hydrogen-bond acceptors (Lipinski definition) is 4. The lowest BCUT2D eigenvalue weighted by atomic mass is 10.2. The maximum Gasteiger partial charge on any atom is 0.361 e. The van der Waals surface area contributed by atoms with E-state index in [1.54, 1.807) is 6.08 Å². The molecule has 14 heavy (non-hydrogen) atoms. The quantitative estimate of drug-likeness (QED) is 0.557. The summed E-state index contributed by atoms with van der Waals surface area (Å²) in [7, 11) is -0.595. The van der Waals surface area contributed by atoms with Crippen LogP contribution in [0.15, 0.2) is 22.5 Å². The molecule has 2 aliphatic rings. The van der Waals surface area contributed by atoms with Gasteiger partial charge in [0.05, 0.1) is 10.3 Å². The molecule has 2 bridgehead atoms. The number of ether oxygens (including phenoxy) is 1. The lowest BCUT2D eigenvalue weighted by Crippen LogP contribution is -2.06. The average molecular weight is 237 g/mol. The Morgan fingerprint density at radius 1 is 1.36 bits per heavy atom. The first-order chi connectivity index (χ1) is 6.62. The SMILES string of the molecule is COP(=O)(OC)C1=C(Cl)C2C=CC1O2. The van der Waals surface area contributed by atoms with Crippen molar-refractivity contribution in [2.45, 2.75) is 12.2 Å². The van der Waals surface area contributed by atoms with Crippen molar-refractivity contribution in [1.82, 2.24) is 0 Å². The molecule has 0 N–H and O–H groups in total. The average Bonchev–Trinajstić information content (AvgIpc) is 2.77. The van der Waals surface area contributed by atoms with Crippen LogP contribution in [0, 0.1) is 0 Å². The van der Waals surface area contributed by atoms with E-state index in [9.17, 15) is 4.57 Å². The van der Waals surface area contributed by atoms with Crippen molar-refractivity contribution < 1.29 is 18.3 Å². The molecule has 2 heterocycles. The Labute approximate surface area is 87.0 Å². The summed E-state index contributed by atoms with van der Waals surface area (Å²) in [6, 6.07) is 0. The van der Waals surface area contributed by atoms with Crippen LogP contribution >= 0.6 is 19.2 Å². The third-order valence-corrected chi connectivity index (χ3v) is 4.89. The molecule has 78 valence electrons. The highest BCUT2D eigenvalue weighted by Gasteiger charge is 2.45. The molecule has 0 aromatic rings. The van der Waals surface area contributed by atoms with Crippen molar-refractivity contribution in [2.24, 2.45) is 0 Å². The van der Waals surface area contributed by atoms with E-state index in [2.05, 4.69) is 0 Å². The minimum absolute atomic E-state index is 0.282. The number of fused-ring (bicyclic) bond motifs is 2. The van der Waals surface area contributed by atoms with Crippen molar-refractivity contribution in [3.63, 3.8) is 0 Å². The summed E-state index contributed by atoms with van der Waals surface area (Å²) in [5.74, 6) is 0. The summed E-state index contributed by atoms with van der Waals surface area (Å²) >= 11 is 5.99. The lowest BCUT2D eigenvalue weighted by molar-refractivity contribution is 0.130. The molecule has 0 spiro atoms. The van der Waals surface area contributed by atoms with E-state index in [0.29, 0.717) is 10.3 Å². The normalized spacial score (nSPS) is 30.5. The molecular weight excluding hydrogens is 227 g/mol. The molecule has 0 radical (unpaired) electrons.